The van der Waals surface area contributed by atoms with Gasteiger partial charge in [0, 0.05) is 5.92 Å². The average molecular weight is 492 g/mol. The lowest BCUT2D eigenvalue weighted by Gasteiger charge is -2.34. The summed E-state index contributed by atoms with van der Waals surface area (Å²) in [7, 11) is 0. The number of hydrogen-bond acceptors (Lipinski definition) is 6. The molecule has 0 spiro atoms. The molecule has 0 amide bonds. The minimum atomic E-state index is -1.46. The summed E-state index contributed by atoms with van der Waals surface area (Å²) in [5, 5.41) is 0.868. The highest BCUT2D eigenvalue weighted by Gasteiger charge is 2.75. The Morgan fingerprint density at radius 1 is 1.12 bits per heavy atom. The van der Waals surface area contributed by atoms with Crippen LogP contribution in [-0.4, -0.2) is 30.2 Å². The molecule has 0 heterocycles. The maximum Gasteiger partial charge on any atom is 0.329 e. The Hall–Kier alpha value is -2.12. The van der Waals surface area contributed by atoms with Gasteiger partial charge in [0.25, 0.3) is 0 Å². The second-order valence-corrected chi connectivity index (χ2v) is 9.45. The quantitative estimate of drug-likeness (QED) is 0.537. The molecule has 4 rings (SSSR count). The van der Waals surface area contributed by atoms with Crippen molar-refractivity contribution in [2.75, 3.05) is 6.61 Å². The molecule has 2 aromatic carbocycles. The minimum Gasteiger partial charge on any atom is -0.466 e. The molecule has 8 heteroatoms. The second kappa shape index (κ2) is 9.63. The predicted octanol–water partition coefficient (Wildman–Crippen LogP) is 4.71. The number of esters is 2. The third-order valence-electron chi connectivity index (χ3n) is 6.65. The van der Waals surface area contributed by atoms with Gasteiger partial charge in [0.2, 0.25) is 0 Å². The molecule has 0 aromatic heterocycles. The zero-order valence-electron chi connectivity index (χ0n) is 18.5. The lowest BCUT2D eigenvalue weighted by molar-refractivity contribution is -0.162. The first-order chi connectivity index (χ1) is 15.8. The summed E-state index contributed by atoms with van der Waals surface area (Å²) in [6, 6.07) is 14.6. The highest BCUT2D eigenvalue weighted by atomic mass is 35.5. The first-order valence-electron chi connectivity index (χ1n) is 11.0. The molecule has 2 saturated carbocycles. The van der Waals surface area contributed by atoms with Crippen LogP contribution in [0.3, 0.4) is 0 Å². The monoisotopic (exact) mass is 491 g/mol. The van der Waals surface area contributed by atoms with Crippen molar-refractivity contribution in [3.8, 4) is 0 Å². The van der Waals surface area contributed by atoms with Crippen LogP contribution in [0, 0.1) is 17.8 Å². The molecule has 2 aromatic rings. The van der Waals surface area contributed by atoms with Crippen molar-refractivity contribution in [3.63, 3.8) is 0 Å². The third kappa shape index (κ3) is 4.62. The van der Waals surface area contributed by atoms with Crippen molar-refractivity contribution in [2.45, 2.75) is 44.6 Å². The second-order valence-electron chi connectivity index (χ2n) is 8.64. The van der Waals surface area contributed by atoms with E-state index in [0.717, 1.165) is 11.1 Å². The highest BCUT2D eigenvalue weighted by molar-refractivity contribution is 6.42. The Labute approximate surface area is 203 Å². The van der Waals surface area contributed by atoms with Gasteiger partial charge < -0.3 is 19.9 Å². The van der Waals surface area contributed by atoms with Gasteiger partial charge in [-0.1, -0.05) is 59.6 Å². The number of fused-ring (bicyclic) bond motifs is 1. The summed E-state index contributed by atoms with van der Waals surface area (Å²) in [4.78, 5) is 25.7. The predicted molar refractivity (Wildman–Crippen MR) is 125 cm³/mol. The smallest absolute Gasteiger partial charge is 0.329 e. The van der Waals surface area contributed by atoms with Gasteiger partial charge in [0.1, 0.15) is 12.1 Å². The topological polar surface area (TPSA) is 87.9 Å². The zero-order valence-corrected chi connectivity index (χ0v) is 20.0. The summed E-state index contributed by atoms with van der Waals surface area (Å²) >= 11 is 12.2. The zero-order chi connectivity index (χ0) is 23.8. The van der Waals surface area contributed by atoms with E-state index in [1.807, 2.05) is 43.3 Å². The number of halogens is 2. The Kier molecular flexibility index (Phi) is 7.01. The van der Waals surface area contributed by atoms with Gasteiger partial charge >= 0.3 is 11.9 Å². The Balaban J connectivity index is 1.53. The summed E-state index contributed by atoms with van der Waals surface area (Å²) < 4.78 is 17.1. The molecule has 6 nitrogen and oxygen atoms in total. The van der Waals surface area contributed by atoms with Crippen LogP contribution >= 0.6 is 23.2 Å². The Morgan fingerprint density at radius 2 is 1.85 bits per heavy atom. The lowest BCUT2D eigenvalue weighted by atomic mass is 9.88. The van der Waals surface area contributed by atoms with E-state index in [9.17, 15) is 9.59 Å². The van der Waals surface area contributed by atoms with Gasteiger partial charge in [-0.2, -0.15) is 0 Å². The molecule has 33 heavy (non-hydrogen) atoms. The molecule has 0 radical (unpaired) electrons. The molecule has 2 N–H and O–H groups in total. The molecule has 6 atom stereocenters. The van der Waals surface area contributed by atoms with Crippen LogP contribution in [-0.2, 0) is 30.4 Å². The molecule has 0 unspecified atom stereocenters. The summed E-state index contributed by atoms with van der Waals surface area (Å²) in [5.41, 5.74) is 6.95. The van der Waals surface area contributed by atoms with Crippen LogP contribution in [0.1, 0.15) is 37.5 Å². The molecular formula is C25H27Cl2NO5. The van der Waals surface area contributed by atoms with Gasteiger partial charge in [-0.25, -0.2) is 4.79 Å². The van der Waals surface area contributed by atoms with Crippen molar-refractivity contribution >= 4 is 35.1 Å². The number of hydrogen-bond donors (Lipinski definition) is 1. The fourth-order valence-electron chi connectivity index (χ4n) is 4.91. The van der Waals surface area contributed by atoms with E-state index in [4.69, 9.17) is 43.1 Å². The fraction of sp³-hybridized carbons (Fsp3) is 0.440. The molecule has 176 valence electrons. The van der Waals surface area contributed by atoms with Crippen LogP contribution in [0.5, 0.6) is 0 Å². The highest BCUT2D eigenvalue weighted by Crippen LogP contribution is 2.63. The van der Waals surface area contributed by atoms with E-state index in [-0.39, 0.29) is 31.0 Å². The van der Waals surface area contributed by atoms with Gasteiger partial charge in [-0.3, -0.25) is 4.79 Å². The van der Waals surface area contributed by atoms with E-state index >= 15 is 0 Å². The molecule has 0 saturated heterocycles. The molecule has 2 aliphatic carbocycles. The maximum atomic E-state index is 13.3. The molecule has 0 bridgehead atoms. The van der Waals surface area contributed by atoms with Gasteiger partial charge in [0.05, 0.1) is 34.8 Å². The van der Waals surface area contributed by atoms with Crippen molar-refractivity contribution < 1.29 is 23.8 Å². The van der Waals surface area contributed by atoms with Crippen LogP contribution in [0.25, 0.3) is 0 Å². The third-order valence-corrected chi connectivity index (χ3v) is 7.38. The largest absolute Gasteiger partial charge is 0.466 e. The van der Waals surface area contributed by atoms with Crippen LogP contribution in [0.15, 0.2) is 48.5 Å². The number of carbonyl (C=O) groups is 2. The van der Waals surface area contributed by atoms with Crippen LogP contribution in [0.2, 0.25) is 10.0 Å². The average Bonchev–Trinajstić information content (AvgIpc) is 3.46. The summed E-state index contributed by atoms with van der Waals surface area (Å²) in [6.07, 6.45) is -0.546. The molecule has 2 fully saturated rings. The van der Waals surface area contributed by atoms with Gasteiger partial charge in [-0.15, -0.1) is 0 Å². The number of rotatable bonds is 8. The number of nitrogens with two attached hydrogens (primary N) is 1. The van der Waals surface area contributed by atoms with Crippen LogP contribution < -0.4 is 5.73 Å². The first kappa shape index (κ1) is 24.0. The fourth-order valence-corrected chi connectivity index (χ4v) is 5.22. The van der Waals surface area contributed by atoms with Gasteiger partial charge in [-0.05, 0) is 49.4 Å². The lowest BCUT2D eigenvalue weighted by Crippen LogP contribution is -2.59. The molecular weight excluding hydrogens is 465 g/mol. The summed E-state index contributed by atoms with van der Waals surface area (Å²) in [5.74, 6) is -1.78. The van der Waals surface area contributed by atoms with Crippen LogP contribution in [0.4, 0.5) is 0 Å². The minimum absolute atomic E-state index is 0.0793. The summed E-state index contributed by atoms with van der Waals surface area (Å²) in [6.45, 7) is 3.99. The van der Waals surface area contributed by atoms with E-state index in [2.05, 4.69) is 0 Å². The standard InChI is InChI=1S/C25H27Cl2NO5/c1-3-31-23(29)21-17-12-20(33-14(2)16-9-10-18(26)19(27)11-16)25(28,22(17)21)24(30)32-13-15-7-5-4-6-8-15/h4-11,14,17,20-22H,3,12-13,28H2,1-2H3/t14-,17-,20+,21-,22-,25-/m0/s1. The van der Waals surface area contributed by atoms with E-state index in [0.29, 0.717) is 16.5 Å². The Bertz CT molecular complexity index is 1030. The number of carbonyl (C=O) groups excluding carboxylic acids is 2. The van der Waals surface area contributed by atoms with Crippen molar-refractivity contribution in [1.82, 2.24) is 0 Å². The van der Waals surface area contributed by atoms with Crippen molar-refractivity contribution in [3.05, 3.63) is 69.7 Å². The maximum absolute atomic E-state index is 13.3. The number of benzene rings is 2. The number of ether oxygens (including phenoxy) is 3. The molecule has 2 aliphatic rings. The first-order valence-corrected chi connectivity index (χ1v) is 11.8. The van der Waals surface area contributed by atoms with E-state index in [1.54, 1.807) is 19.1 Å². The van der Waals surface area contributed by atoms with Gasteiger partial charge in [0.15, 0.2) is 0 Å². The molecule has 0 aliphatic heterocycles. The Morgan fingerprint density at radius 3 is 2.52 bits per heavy atom. The SMILES string of the molecule is CCOC(=O)[C@H]1[C@@H]2C[C@@H](O[C@@H](C)c3ccc(Cl)c(Cl)c3)[C@@](N)(C(=O)OCc3ccccc3)[C@@H]21. The normalized spacial score (nSPS) is 28.6. The van der Waals surface area contributed by atoms with Crippen molar-refractivity contribution in [2.24, 2.45) is 23.5 Å². The van der Waals surface area contributed by atoms with Crippen molar-refractivity contribution in [1.29, 1.82) is 0 Å². The van der Waals surface area contributed by atoms with E-state index in [1.165, 1.54) is 0 Å². The van der Waals surface area contributed by atoms with E-state index < -0.39 is 29.6 Å².